The molecule has 4 aromatic rings. The lowest BCUT2D eigenvalue weighted by molar-refractivity contribution is -0.121. The normalized spacial score (nSPS) is 24.0. The number of carbonyl (C=O) groups is 3. The van der Waals surface area contributed by atoms with Crippen LogP contribution in [0.1, 0.15) is 31.8 Å². The molecular formula is C34H22BrClN2O5. The Morgan fingerprint density at radius 1 is 0.907 bits per heavy atom. The van der Waals surface area contributed by atoms with Crippen molar-refractivity contribution < 1.29 is 23.9 Å². The first-order valence-corrected chi connectivity index (χ1v) is 15.0. The number of Topliss-reactive ketones (excluding diaryl/α,β-unsaturated/α-hetero) is 2. The summed E-state index contributed by atoms with van der Waals surface area (Å²) in [7, 11) is 0. The second-order valence-electron chi connectivity index (χ2n) is 11.0. The first kappa shape index (κ1) is 26.2. The summed E-state index contributed by atoms with van der Waals surface area (Å²) in [5, 5.41) is 3.59. The second kappa shape index (κ2) is 9.56. The largest absolute Gasteiger partial charge is 0.454 e. The summed E-state index contributed by atoms with van der Waals surface area (Å²) in [4.78, 5) is 46.1. The van der Waals surface area contributed by atoms with Crippen LogP contribution in [0, 0.1) is 5.92 Å². The number of hydrogen-bond donors (Lipinski definition) is 1. The molecule has 7 nitrogen and oxygen atoms in total. The van der Waals surface area contributed by atoms with Gasteiger partial charge in [0.2, 0.25) is 12.7 Å². The van der Waals surface area contributed by atoms with Gasteiger partial charge < -0.3 is 19.7 Å². The van der Waals surface area contributed by atoms with Gasteiger partial charge in [-0.3, -0.25) is 14.4 Å². The zero-order chi connectivity index (χ0) is 29.5. The van der Waals surface area contributed by atoms with Gasteiger partial charge in [-0.05, 0) is 65.7 Å². The molecule has 0 bridgehead atoms. The zero-order valence-electron chi connectivity index (χ0n) is 22.4. The van der Waals surface area contributed by atoms with Gasteiger partial charge in [-0.15, -0.1) is 0 Å². The fraction of sp³-hybridized carbons (Fsp3) is 0.147. The number of nitrogens with one attached hydrogen (secondary N) is 1. The van der Waals surface area contributed by atoms with Crippen molar-refractivity contribution in [3.8, 4) is 11.5 Å². The van der Waals surface area contributed by atoms with Gasteiger partial charge in [0.15, 0.2) is 23.1 Å². The topological polar surface area (TPSA) is 84.9 Å². The molecule has 8 rings (SSSR count). The maximum atomic E-state index is 15.0. The van der Waals surface area contributed by atoms with E-state index >= 15 is 0 Å². The molecule has 0 radical (unpaired) electrons. The van der Waals surface area contributed by atoms with Crippen molar-refractivity contribution >= 4 is 62.5 Å². The molecular weight excluding hydrogens is 632 g/mol. The van der Waals surface area contributed by atoms with Crippen molar-refractivity contribution in [3.63, 3.8) is 0 Å². The standard InChI is InChI=1S/C34H22BrClN2O5/c35-21-9-5-18(6-10-21)32(40)30-29(31(39)20-7-13-26-27(16-20)43-17-42-26)34(23-3-1-2-4-24(23)37-33(34)41)28-14-8-19-15-22(36)11-12-25(19)38(28)30/h1-16,28-30H,17H2,(H,37,41)/t28-,29+,30-,34-/m0/s1. The van der Waals surface area contributed by atoms with Crippen LogP contribution in [-0.4, -0.2) is 36.4 Å². The third kappa shape index (κ3) is 3.69. The van der Waals surface area contributed by atoms with Crippen LogP contribution >= 0.6 is 27.5 Å². The van der Waals surface area contributed by atoms with Crippen molar-refractivity contribution in [1.29, 1.82) is 0 Å². The molecule has 1 saturated heterocycles. The first-order valence-electron chi connectivity index (χ1n) is 13.8. The van der Waals surface area contributed by atoms with E-state index in [4.69, 9.17) is 21.1 Å². The predicted molar refractivity (Wildman–Crippen MR) is 166 cm³/mol. The molecule has 0 aliphatic carbocycles. The van der Waals surface area contributed by atoms with Gasteiger partial charge in [-0.1, -0.05) is 70.0 Å². The Morgan fingerprint density at radius 2 is 1.67 bits per heavy atom. The summed E-state index contributed by atoms with van der Waals surface area (Å²) < 4.78 is 11.9. The molecule has 43 heavy (non-hydrogen) atoms. The minimum atomic E-state index is -1.41. The van der Waals surface area contributed by atoms with E-state index in [0.717, 1.165) is 15.7 Å². The maximum Gasteiger partial charge on any atom is 0.238 e. The van der Waals surface area contributed by atoms with Crippen molar-refractivity contribution in [1.82, 2.24) is 0 Å². The van der Waals surface area contributed by atoms with E-state index in [2.05, 4.69) is 21.2 Å². The summed E-state index contributed by atoms with van der Waals surface area (Å²) in [6, 6.07) is 23.3. The van der Waals surface area contributed by atoms with Crippen LogP contribution in [0.15, 0.2) is 95.5 Å². The fourth-order valence-corrected chi connectivity index (χ4v) is 7.61. The Hall–Kier alpha value is -4.40. The number of halogens is 2. The summed E-state index contributed by atoms with van der Waals surface area (Å²) in [6.07, 6.45) is 3.85. The number of nitrogens with zero attached hydrogens (tertiary/aromatic N) is 1. The van der Waals surface area contributed by atoms with Crippen molar-refractivity contribution in [2.75, 3.05) is 17.0 Å². The minimum absolute atomic E-state index is 0.0563. The number of fused-ring (bicyclic) bond motifs is 7. The van der Waals surface area contributed by atoms with Crippen LogP contribution < -0.4 is 19.7 Å². The molecule has 4 aliphatic rings. The van der Waals surface area contributed by atoms with E-state index < -0.39 is 23.4 Å². The summed E-state index contributed by atoms with van der Waals surface area (Å²) in [5.41, 5.74) is 2.20. The molecule has 4 aromatic carbocycles. The Balaban J connectivity index is 1.41. The molecule has 0 unspecified atom stereocenters. The molecule has 0 aromatic heterocycles. The number of ether oxygens (including phenoxy) is 2. The highest BCUT2D eigenvalue weighted by atomic mass is 79.9. The van der Waals surface area contributed by atoms with Gasteiger partial charge in [0.25, 0.3) is 0 Å². The Bertz CT molecular complexity index is 1910. The number of hydrogen-bond acceptors (Lipinski definition) is 6. The summed E-state index contributed by atoms with van der Waals surface area (Å²) >= 11 is 9.84. The number of amides is 1. The van der Waals surface area contributed by atoms with Crippen molar-refractivity contribution in [2.45, 2.75) is 17.5 Å². The zero-order valence-corrected chi connectivity index (χ0v) is 24.8. The fourth-order valence-electron chi connectivity index (χ4n) is 7.16. The van der Waals surface area contributed by atoms with E-state index in [1.807, 2.05) is 53.5 Å². The third-order valence-corrected chi connectivity index (χ3v) is 9.70. The van der Waals surface area contributed by atoms with E-state index in [0.29, 0.717) is 38.9 Å². The van der Waals surface area contributed by atoms with Crippen molar-refractivity contribution in [2.24, 2.45) is 5.92 Å². The van der Waals surface area contributed by atoms with E-state index in [1.165, 1.54) is 0 Å². The van der Waals surface area contributed by atoms with Gasteiger partial charge in [0, 0.05) is 32.0 Å². The number of carbonyl (C=O) groups excluding carboxylic acids is 3. The molecule has 9 heteroatoms. The van der Waals surface area contributed by atoms with Crippen LogP contribution in [0.25, 0.3) is 6.08 Å². The lowest BCUT2D eigenvalue weighted by Gasteiger charge is -2.37. The average molecular weight is 654 g/mol. The molecule has 1 fully saturated rings. The lowest BCUT2D eigenvalue weighted by Crippen LogP contribution is -2.51. The highest BCUT2D eigenvalue weighted by molar-refractivity contribution is 9.10. The van der Waals surface area contributed by atoms with E-state index in [-0.39, 0.29) is 24.3 Å². The van der Waals surface area contributed by atoms with Gasteiger partial charge in [0.1, 0.15) is 11.5 Å². The molecule has 0 saturated carbocycles. The molecule has 1 amide bonds. The first-order chi connectivity index (χ1) is 20.9. The smallest absolute Gasteiger partial charge is 0.238 e. The molecule has 212 valence electrons. The van der Waals surface area contributed by atoms with Gasteiger partial charge >= 0.3 is 0 Å². The Morgan fingerprint density at radius 3 is 2.51 bits per heavy atom. The summed E-state index contributed by atoms with van der Waals surface area (Å²) in [5.74, 6) is -1.03. The third-order valence-electron chi connectivity index (χ3n) is 8.93. The van der Waals surface area contributed by atoms with Gasteiger partial charge in [-0.25, -0.2) is 0 Å². The maximum absolute atomic E-state index is 15.0. The van der Waals surface area contributed by atoms with Gasteiger partial charge in [-0.2, -0.15) is 0 Å². The van der Waals surface area contributed by atoms with Gasteiger partial charge in [0.05, 0.1) is 12.0 Å². The molecule has 4 atom stereocenters. The lowest BCUT2D eigenvalue weighted by atomic mass is 9.64. The highest BCUT2D eigenvalue weighted by Gasteiger charge is 2.70. The summed E-state index contributed by atoms with van der Waals surface area (Å²) in [6.45, 7) is 0.0563. The van der Waals surface area contributed by atoms with E-state index in [9.17, 15) is 14.4 Å². The highest BCUT2D eigenvalue weighted by Crippen LogP contribution is 2.58. The average Bonchev–Trinajstić information content (AvgIpc) is 3.69. The number of ketones is 2. The molecule has 1 spiro atoms. The molecule has 4 aliphatic heterocycles. The monoisotopic (exact) mass is 652 g/mol. The van der Waals surface area contributed by atoms with Crippen LogP contribution in [0.3, 0.4) is 0 Å². The van der Waals surface area contributed by atoms with Crippen LogP contribution in [0.5, 0.6) is 11.5 Å². The van der Waals surface area contributed by atoms with Crippen LogP contribution in [-0.2, 0) is 10.2 Å². The van der Waals surface area contributed by atoms with Crippen LogP contribution in [0.2, 0.25) is 5.02 Å². The predicted octanol–water partition coefficient (Wildman–Crippen LogP) is 6.69. The SMILES string of the molecule is O=C(c1ccc(Br)cc1)[C@@H]1[C@H](C(=O)c2ccc3c(c2)OCO3)[C@@]2(C(=O)Nc3ccccc32)[C@@H]2C=Cc3cc(Cl)ccc3N12. The Kier molecular flexibility index (Phi) is 5.83. The number of anilines is 2. The second-order valence-corrected chi connectivity index (χ2v) is 12.4. The minimum Gasteiger partial charge on any atom is -0.454 e. The number of benzene rings is 4. The number of para-hydroxylation sites is 1. The molecule has 4 heterocycles. The Labute approximate surface area is 260 Å². The van der Waals surface area contributed by atoms with Crippen molar-refractivity contribution in [3.05, 3.63) is 123 Å². The number of rotatable bonds is 4. The quantitative estimate of drug-likeness (QED) is 0.247. The van der Waals surface area contributed by atoms with Crippen LogP contribution in [0.4, 0.5) is 11.4 Å². The van der Waals surface area contributed by atoms with E-state index in [1.54, 1.807) is 48.5 Å². The molecule has 1 N–H and O–H groups in total.